The highest BCUT2D eigenvalue weighted by Gasteiger charge is 2.18. The van der Waals surface area contributed by atoms with E-state index in [0.29, 0.717) is 31.7 Å². The van der Waals surface area contributed by atoms with Crippen molar-refractivity contribution in [2.45, 2.75) is 193 Å². The molecule has 0 radical (unpaired) electrons. The lowest BCUT2D eigenvalue weighted by molar-refractivity contribution is -0.143. The Morgan fingerprint density at radius 1 is 0.674 bits per heavy atom. The topological polar surface area (TPSA) is 117 Å². The van der Waals surface area contributed by atoms with Gasteiger partial charge in [0.05, 0.1) is 12.3 Å². The minimum atomic E-state index is -0.412. The minimum Gasteiger partial charge on any atom is -0.466 e. The maximum absolute atomic E-state index is 12.9. The third-order valence-corrected chi connectivity index (χ3v) is 8.61. The molecule has 0 spiro atoms. The maximum atomic E-state index is 12.9. The van der Waals surface area contributed by atoms with E-state index >= 15 is 0 Å². The lowest BCUT2D eigenvalue weighted by Gasteiger charge is -2.19. The first-order chi connectivity index (χ1) is 22.6. The van der Waals surface area contributed by atoms with Crippen molar-refractivity contribution in [2.24, 2.45) is 5.73 Å². The van der Waals surface area contributed by atoms with Crippen LogP contribution in [0.15, 0.2) is 24.0 Å². The van der Waals surface area contributed by atoms with Crippen LogP contribution in [-0.4, -0.2) is 37.3 Å². The van der Waals surface area contributed by atoms with Crippen molar-refractivity contribution in [1.82, 2.24) is 10.6 Å². The van der Waals surface area contributed by atoms with Crippen molar-refractivity contribution in [2.75, 3.05) is 13.2 Å². The summed E-state index contributed by atoms with van der Waals surface area (Å²) in [5.41, 5.74) is 6.07. The van der Waals surface area contributed by atoms with Gasteiger partial charge in [-0.3, -0.25) is 9.59 Å². The average molecular weight is 647 g/mol. The van der Waals surface area contributed by atoms with Gasteiger partial charge in [-0.2, -0.15) is 0 Å². The smallest absolute Gasteiger partial charge is 0.305 e. The van der Waals surface area contributed by atoms with Crippen LogP contribution in [0.2, 0.25) is 0 Å². The fourth-order valence-corrected chi connectivity index (χ4v) is 5.60. The van der Waals surface area contributed by atoms with E-state index in [2.05, 4.69) is 36.6 Å². The number of hydrogen-bond acceptors (Lipinski definition) is 6. The molecule has 0 aromatic carbocycles. The SMILES string of the molecule is CCCCCCCC/C=C\CCCCCCCCNC(=O)C(CCCCCCOC(=O)CCCCCCCCC)N/C(C=N)=C/N. The van der Waals surface area contributed by atoms with E-state index in [1.807, 2.05) is 0 Å². The molecule has 46 heavy (non-hydrogen) atoms. The average Bonchev–Trinajstić information content (AvgIpc) is 3.06. The Labute approximate surface area is 284 Å². The Morgan fingerprint density at radius 2 is 1.17 bits per heavy atom. The molecule has 5 N–H and O–H groups in total. The van der Waals surface area contributed by atoms with Crippen LogP contribution < -0.4 is 16.4 Å². The summed E-state index contributed by atoms with van der Waals surface area (Å²) in [5.74, 6) is -0.114. The van der Waals surface area contributed by atoms with Crippen LogP contribution in [0.4, 0.5) is 0 Å². The van der Waals surface area contributed by atoms with Gasteiger partial charge >= 0.3 is 5.97 Å². The number of amides is 1. The van der Waals surface area contributed by atoms with Gasteiger partial charge in [-0.1, -0.05) is 142 Å². The third kappa shape index (κ3) is 30.3. The quantitative estimate of drug-likeness (QED) is 0.0237. The number of nitrogens with one attached hydrogen (secondary N) is 3. The summed E-state index contributed by atoms with van der Waals surface area (Å²) in [6.07, 6.45) is 38.2. The van der Waals surface area contributed by atoms with Gasteiger partial charge < -0.3 is 26.5 Å². The molecule has 0 aromatic rings. The highest BCUT2D eigenvalue weighted by Crippen LogP contribution is 2.12. The standard InChI is InChI=1S/C39H74N4O3/c1-3-5-7-9-11-12-13-14-15-16-17-18-19-21-24-28-32-42-39(45)37(43-36(34-40)35-41)30-26-23-25-29-33-46-38(44)31-27-22-20-10-8-6-4-2/h14-15,34-35,37,40,43H,3-13,16-33,41H2,1-2H3,(H,42,45)/b15-14-,36-35+,40-34?. The molecule has 0 heterocycles. The Bertz CT molecular complexity index is 768. The largest absolute Gasteiger partial charge is 0.466 e. The highest BCUT2D eigenvalue weighted by molar-refractivity contribution is 5.84. The number of nitrogens with two attached hydrogens (primary N) is 1. The molecule has 0 aromatic heterocycles. The molecule has 0 aliphatic carbocycles. The van der Waals surface area contributed by atoms with Crippen molar-refractivity contribution < 1.29 is 14.3 Å². The lowest BCUT2D eigenvalue weighted by atomic mass is 10.1. The van der Waals surface area contributed by atoms with Crippen molar-refractivity contribution in [1.29, 1.82) is 5.41 Å². The fourth-order valence-electron chi connectivity index (χ4n) is 5.60. The summed E-state index contributed by atoms with van der Waals surface area (Å²) in [6, 6.07) is -0.412. The van der Waals surface area contributed by atoms with E-state index in [1.165, 1.54) is 115 Å². The van der Waals surface area contributed by atoms with Gasteiger partial charge in [-0.15, -0.1) is 0 Å². The second kappa shape index (κ2) is 35.5. The zero-order valence-electron chi connectivity index (χ0n) is 30.2. The molecular weight excluding hydrogens is 572 g/mol. The summed E-state index contributed by atoms with van der Waals surface area (Å²) in [6.45, 7) is 5.64. The number of carbonyl (C=O) groups is 2. The van der Waals surface area contributed by atoms with Gasteiger partial charge in [0, 0.05) is 25.4 Å². The van der Waals surface area contributed by atoms with Crippen LogP contribution in [-0.2, 0) is 14.3 Å². The molecule has 0 saturated heterocycles. The molecule has 0 saturated carbocycles. The van der Waals surface area contributed by atoms with Crippen LogP contribution in [0, 0.1) is 5.41 Å². The molecule has 1 unspecified atom stereocenters. The number of unbranched alkanes of at least 4 members (excludes halogenated alkanes) is 21. The summed E-state index contributed by atoms with van der Waals surface area (Å²) in [5, 5.41) is 13.7. The lowest BCUT2D eigenvalue weighted by Crippen LogP contribution is -2.44. The molecule has 7 nitrogen and oxygen atoms in total. The van der Waals surface area contributed by atoms with E-state index < -0.39 is 6.04 Å². The molecule has 0 aliphatic heterocycles. The Morgan fingerprint density at radius 3 is 1.74 bits per heavy atom. The number of hydrogen-bond donors (Lipinski definition) is 4. The molecule has 0 fully saturated rings. The number of ether oxygens (including phenoxy) is 1. The minimum absolute atomic E-state index is 0.0340. The third-order valence-electron chi connectivity index (χ3n) is 8.61. The van der Waals surface area contributed by atoms with Crippen LogP contribution in [0.1, 0.15) is 187 Å². The monoisotopic (exact) mass is 647 g/mol. The van der Waals surface area contributed by atoms with Gasteiger partial charge in [0.2, 0.25) is 5.91 Å². The van der Waals surface area contributed by atoms with Gasteiger partial charge in [0.25, 0.3) is 0 Å². The summed E-state index contributed by atoms with van der Waals surface area (Å²) in [7, 11) is 0. The van der Waals surface area contributed by atoms with Gasteiger partial charge in [0.1, 0.15) is 6.04 Å². The highest BCUT2D eigenvalue weighted by atomic mass is 16.5. The van der Waals surface area contributed by atoms with E-state index in [4.69, 9.17) is 15.9 Å². The van der Waals surface area contributed by atoms with E-state index in [-0.39, 0.29) is 11.9 Å². The van der Waals surface area contributed by atoms with Crippen molar-refractivity contribution in [3.8, 4) is 0 Å². The van der Waals surface area contributed by atoms with Crippen LogP contribution in [0.25, 0.3) is 0 Å². The van der Waals surface area contributed by atoms with E-state index in [1.54, 1.807) is 0 Å². The molecule has 1 amide bonds. The number of allylic oxidation sites excluding steroid dienone is 3. The summed E-state index contributed by atoms with van der Waals surface area (Å²) in [4.78, 5) is 24.8. The molecular formula is C39H74N4O3. The van der Waals surface area contributed by atoms with E-state index in [9.17, 15) is 9.59 Å². The normalized spacial score (nSPS) is 12.3. The number of rotatable bonds is 35. The fraction of sp³-hybridized carbons (Fsp3) is 0.821. The van der Waals surface area contributed by atoms with Crippen molar-refractivity contribution in [3.63, 3.8) is 0 Å². The first kappa shape index (κ1) is 43.7. The maximum Gasteiger partial charge on any atom is 0.305 e. The first-order valence-electron chi connectivity index (χ1n) is 19.4. The predicted octanol–water partition coefficient (Wildman–Crippen LogP) is 10.2. The summed E-state index contributed by atoms with van der Waals surface area (Å²) < 4.78 is 5.39. The second-order valence-corrected chi connectivity index (χ2v) is 13.0. The molecule has 1 atom stereocenters. The number of carbonyl (C=O) groups excluding carboxylic acids is 2. The predicted molar refractivity (Wildman–Crippen MR) is 197 cm³/mol. The van der Waals surface area contributed by atoms with Gasteiger partial charge in [-0.25, -0.2) is 0 Å². The Balaban J connectivity index is 3.93. The van der Waals surface area contributed by atoms with Crippen LogP contribution in [0.3, 0.4) is 0 Å². The molecule has 268 valence electrons. The van der Waals surface area contributed by atoms with Gasteiger partial charge in [0.15, 0.2) is 0 Å². The summed E-state index contributed by atoms with van der Waals surface area (Å²) >= 11 is 0. The Kier molecular flexibility index (Phi) is 33.8. The van der Waals surface area contributed by atoms with Gasteiger partial charge in [-0.05, 0) is 51.4 Å². The molecule has 0 aliphatic rings. The zero-order chi connectivity index (χ0) is 33.8. The Hall–Kier alpha value is -2.31. The first-order valence-corrected chi connectivity index (χ1v) is 19.4. The number of esters is 1. The molecule has 0 bridgehead atoms. The van der Waals surface area contributed by atoms with Crippen molar-refractivity contribution >= 4 is 18.1 Å². The van der Waals surface area contributed by atoms with Crippen molar-refractivity contribution in [3.05, 3.63) is 24.0 Å². The van der Waals surface area contributed by atoms with E-state index in [0.717, 1.165) is 57.6 Å². The molecule has 0 rings (SSSR count). The second-order valence-electron chi connectivity index (χ2n) is 13.0. The molecule has 7 heteroatoms. The zero-order valence-corrected chi connectivity index (χ0v) is 30.2. The van der Waals surface area contributed by atoms with Crippen LogP contribution in [0.5, 0.6) is 0 Å². The van der Waals surface area contributed by atoms with Crippen LogP contribution >= 0.6 is 0 Å².